The molecule has 94 valence electrons. The zero-order valence-electron chi connectivity index (χ0n) is 9.42. The number of hydrazine groups is 1. The van der Waals surface area contributed by atoms with Gasteiger partial charge in [-0.1, -0.05) is 6.07 Å². The minimum Gasteiger partial charge on any atom is -0.515 e. The maximum Gasteiger partial charge on any atom is 0.348 e. The zero-order chi connectivity index (χ0) is 13.5. The Morgan fingerprint density at radius 3 is 2.22 bits per heavy atom. The van der Waals surface area contributed by atoms with Gasteiger partial charge in [-0.3, -0.25) is 9.78 Å². The number of hydrogen-bond donors (Lipinski definition) is 1. The van der Waals surface area contributed by atoms with Crippen LogP contribution in [-0.2, 0) is 4.79 Å². The molecule has 1 aromatic heterocycles. The van der Waals surface area contributed by atoms with E-state index in [9.17, 15) is 14.9 Å². The second-order valence-corrected chi connectivity index (χ2v) is 3.09. The van der Waals surface area contributed by atoms with E-state index in [1.165, 1.54) is 6.92 Å². The summed E-state index contributed by atoms with van der Waals surface area (Å²) in [5, 5.41) is 21.0. The van der Waals surface area contributed by atoms with E-state index in [1.54, 1.807) is 12.4 Å². The van der Waals surface area contributed by atoms with Crippen LogP contribution in [0.2, 0.25) is 0 Å². The van der Waals surface area contributed by atoms with E-state index in [2.05, 4.69) is 10.1 Å². The Morgan fingerprint density at radius 2 is 2.00 bits per heavy atom. The Morgan fingerprint density at radius 1 is 1.39 bits per heavy atom. The number of aliphatic hydroxyl groups excluding tert-OH is 1. The third-order valence-electron chi connectivity index (χ3n) is 1.90. The average molecular weight is 250 g/mol. The number of carbonyl (C=O) groups excluding carboxylic acids is 1. The molecule has 0 spiro atoms. The molecule has 0 saturated carbocycles. The smallest absolute Gasteiger partial charge is 0.348 e. The Balaban J connectivity index is 0.000000225. The van der Waals surface area contributed by atoms with Crippen LogP contribution in [0.3, 0.4) is 0 Å². The third kappa shape index (κ3) is 3.11. The molecule has 0 unspecified atom stereocenters. The number of aliphatic hydroxyl groups is 1. The molecular formula is C10H10N4O4. The van der Waals surface area contributed by atoms with E-state index in [-0.39, 0.29) is 16.4 Å². The van der Waals surface area contributed by atoms with Crippen LogP contribution in [0.1, 0.15) is 6.92 Å². The second-order valence-electron chi connectivity index (χ2n) is 3.09. The van der Waals surface area contributed by atoms with Crippen LogP contribution < -0.4 is 0 Å². The fraction of sp³-hybridized carbons (Fsp3) is 0.100. The third-order valence-corrected chi connectivity index (χ3v) is 1.90. The van der Waals surface area contributed by atoms with Crippen molar-refractivity contribution in [2.24, 2.45) is 5.10 Å². The molecule has 0 bridgehead atoms. The van der Waals surface area contributed by atoms with E-state index in [1.807, 2.05) is 18.2 Å². The molecule has 0 saturated heterocycles. The summed E-state index contributed by atoms with van der Waals surface area (Å²) in [6.45, 7) is 1.39. The van der Waals surface area contributed by atoms with Crippen molar-refractivity contribution in [3.63, 3.8) is 0 Å². The molecule has 2 rings (SSSR count). The normalized spacial score (nSPS) is 16.1. The van der Waals surface area contributed by atoms with Crippen molar-refractivity contribution in [1.29, 1.82) is 0 Å². The lowest BCUT2D eigenvalue weighted by molar-refractivity contribution is -0.634. The minimum absolute atomic E-state index is 0.0807. The molecule has 1 aliphatic heterocycles. The number of nitrogens with zero attached hydrogens (tertiary/aromatic N) is 4. The molecule has 8 nitrogen and oxygen atoms in total. The van der Waals surface area contributed by atoms with E-state index >= 15 is 0 Å². The quantitative estimate of drug-likeness (QED) is 0.345. The Kier molecular flexibility index (Phi) is 4.50. The number of rotatable bonds is 1. The van der Waals surface area contributed by atoms with E-state index in [0.29, 0.717) is 6.26 Å². The summed E-state index contributed by atoms with van der Waals surface area (Å²) < 4.78 is 0. The summed E-state index contributed by atoms with van der Waals surface area (Å²) in [6, 6.07) is 5.72. The van der Waals surface area contributed by atoms with Gasteiger partial charge in [0.15, 0.2) is 5.71 Å². The van der Waals surface area contributed by atoms with Gasteiger partial charge in [-0.05, 0) is 12.1 Å². The highest BCUT2D eigenvalue weighted by molar-refractivity contribution is 6.23. The second kappa shape index (κ2) is 6.09. The van der Waals surface area contributed by atoms with Crippen molar-refractivity contribution >= 4 is 11.6 Å². The lowest BCUT2D eigenvalue weighted by Crippen LogP contribution is -2.27. The number of hydrogen-bond acceptors (Lipinski definition) is 6. The van der Waals surface area contributed by atoms with Gasteiger partial charge in [0.05, 0.1) is 21.5 Å². The van der Waals surface area contributed by atoms with Crippen LogP contribution in [0.15, 0.2) is 47.5 Å². The number of nitro groups is 1. The van der Waals surface area contributed by atoms with Gasteiger partial charge in [0.25, 0.3) is 0 Å². The number of aromatic nitrogens is 1. The van der Waals surface area contributed by atoms with Gasteiger partial charge in [-0.15, -0.1) is 0 Å². The van der Waals surface area contributed by atoms with Gasteiger partial charge in [0.1, 0.15) is 5.57 Å². The van der Waals surface area contributed by atoms with Crippen molar-refractivity contribution in [2.45, 2.75) is 6.92 Å². The molecule has 0 atom stereocenters. The Bertz CT molecular complexity index is 471. The average Bonchev–Trinajstić information content (AvgIpc) is 2.67. The van der Waals surface area contributed by atoms with E-state index in [0.717, 1.165) is 0 Å². The van der Waals surface area contributed by atoms with Crippen LogP contribution in [0.5, 0.6) is 0 Å². The lowest BCUT2D eigenvalue weighted by atomic mass is 10.2. The summed E-state index contributed by atoms with van der Waals surface area (Å²) in [5.41, 5.74) is -0.0362. The molecule has 0 radical (unpaired) electrons. The van der Waals surface area contributed by atoms with Crippen LogP contribution >= 0.6 is 0 Å². The van der Waals surface area contributed by atoms with Crippen LogP contribution in [-0.4, -0.2) is 31.9 Å². The highest BCUT2D eigenvalue weighted by atomic mass is 16.7. The minimum atomic E-state index is -0.956. The lowest BCUT2D eigenvalue weighted by Gasteiger charge is -1.98. The standard InChI is InChI=1S/C5H5N3O4.C5H5N/c1-3-4(2-9)5(10)7(6-3)8(11)12;1-2-4-6-5-3-1/h2,9H,1H3;1-5H. The molecule has 1 aliphatic rings. The summed E-state index contributed by atoms with van der Waals surface area (Å²) in [4.78, 5) is 24.8. The van der Waals surface area contributed by atoms with E-state index < -0.39 is 10.9 Å². The number of carbonyl (C=O) groups is 1. The topological polar surface area (TPSA) is 109 Å². The highest BCUT2D eigenvalue weighted by Crippen LogP contribution is 2.13. The van der Waals surface area contributed by atoms with Gasteiger partial charge in [0.2, 0.25) is 0 Å². The molecule has 0 aliphatic carbocycles. The largest absolute Gasteiger partial charge is 0.515 e. The Hall–Kier alpha value is -2.77. The first-order chi connectivity index (χ1) is 8.57. The molecule has 0 aromatic carbocycles. The van der Waals surface area contributed by atoms with Gasteiger partial charge >= 0.3 is 5.91 Å². The number of pyridine rings is 1. The first kappa shape index (κ1) is 13.3. The molecular weight excluding hydrogens is 240 g/mol. The van der Waals surface area contributed by atoms with Gasteiger partial charge < -0.3 is 15.2 Å². The van der Waals surface area contributed by atoms with Gasteiger partial charge in [0, 0.05) is 19.3 Å². The summed E-state index contributed by atoms with van der Waals surface area (Å²) in [6.07, 6.45) is 4.00. The molecule has 0 fully saturated rings. The van der Waals surface area contributed by atoms with Crippen molar-refractivity contribution in [3.8, 4) is 0 Å². The van der Waals surface area contributed by atoms with Crippen LogP contribution in [0.25, 0.3) is 0 Å². The molecule has 1 N–H and O–H groups in total. The van der Waals surface area contributed by atoms with Crippen molar-refractivity contribution in [3.05, 3.63) is 52.5 Å². The Labute approximate surface area is 102 Å². The van der Waals surface area contributed by atoms with Crippen LogP contribution in [0, 0.1) is 10.1 Å². The maximum absolute atomic E-state index is 10.9. The maximum atomic E-state index is 10.9. The molecule has 1 aromatic rings. The highest BCUT2D eigenvalue weighted by Gasteiger charge is 2.38. The monoisotopic (exact) mass is 250 g/mol. The molecule has 8 heteroatoms. The summed E-state index contributed by atoms with van der Waals surface area (Å²) in [5.74, 6) is -0.931. The van der Waals surface area contributed by atoms with Crippen molar-refractivity contribution < 1.29 is 14.9 Å². The zero-order valence-corrected chi connectivity index (χ0v) is 9.42. The van der Waals surface area contributed by atoms with Gasteiger partial charge in [-0.2, -0.15) is 0 Å². The first-order valence-corrected chi connectivity index (χ1v) is 4.81. The first-order valence-electron chi connectivity index (χ1n) is 4.81. The molecule has 1 amide bonds. The summed E-state index contributed by atoms with van der Waals surface area (Å²) in [7, 11) is 0. The van der Waals surface area contributed by atoms with Crippen LogP contribution in [0.4, 0.5) is 0 Å². The molecule has 18 heavy (non-hydrogen) atoms. The summed E-state index contributed by atoms with van der Waals surface area (Å²) >= 11 is 0. The van der Waals surface area contributed by atoms with Gasteiger partial charge in [-0.25, -0.2) is 0 Å². The predicted molar refractivity (Wildman–Crippen MR) is 61.9 cm³/mol. The number of hydrazone groups is 1. The predicted octanol–water partition coefficient (Wildman–Crippen LogP) is 0.920. The fourth-order valence-corrected chi connectivity index (χ4v) is 1.08. The SMILES string of the molecule is CC1=NN([N+](=O)[O-])C(=O)C1=CO.c1ccncc1. The number of amides is 1. The fourth-order valence-electron chi connectivity index (χ4n) is 1.08. The van der Waals surface area contributed by atoms with Crippen molar-refractivity contribution in [1.82, 2.24) is 10.1 Å². The van der Waals surface area contributed by atoms with Crippen molar-refractivity contribution in [2.75, 3.05) is 0 Å². The molecule has 2 heterocycles. The van der Waals surface area contributed by atoms with E-state index in [4.69, 9.17) is 5.11 Å².